The lowest BCUT2D eigenvalue weighted by molar-refractivity contribution is -0.121. The minimum atomic E-state index is -3.54. The standard InChI is InChI=1S/C16H13Cl2FNO2P/c17-15(18)16(20-14(21)11-19)23(22,12-7-3-1-4-8-12)13-9-5-2-6-10-13/h1-10H,11H2,(H,20,21). The monoisotopic (exact) mass is 371 g/mol. The van der Waals surface area contributed by atoms with Gasteiger partial charge in [-0.3, -0.25) is 4.79 Å². The van der Waals surface area contributed by atoms with Crippen molar-refractivity contribution in [3.8, 4) is 0 Å². The van der Waals surface area contributed by atoms with E-state index in [1.807, 2.05) is 0 Å². The Kier molecular flexibility index (Phi) is 6.00. The quantitative estimate of drug-likeness (QED) is 0.814. The van der Waals surface area contributed by atoms with Gasteiger partial charge in [-0.25, -0.2) is 4.39 Å². The molecule has 2 aromatic rings. The first kappa shape index (κ1) is 17.7. The van der Waals surface area contributed by atoms with E-state index in [-0.39, 0.29) is 9.93 Å². The molecule has 0 spiro atoms. The second-order valence-electron chi connectivity index (χ2n) is 4.57. The second-order valence-corrected chi connectivity index (χ2v) is 8.22. The fraction of sp³-hybridized carbons (Fsp3) is 0.0625. The van der Waals surface area contributed by atoms with Crippen molar-refractivity contribution in [2.75, 3.05) is 6.67 Å². The number of hydrogen-bond donors (Lipinski definition) is 1. The smallest absolute Gasteiger partial charge is 0.255 e. The van der Waals surface area contributed by atoms with Gasteiger partial charge in [-0.1, -0.05) is 83.9 Å². The number of amides is 1. The number of rotatable bonds is 5. The second kappa shape index (κ2) is 7.78. The largest absolute Gasteiger partial charge is 0.318 e. The Bertz CT molecular complexity index is 719. The van der Waals surface area contributed by atoms with E-state index in [0.717, 1.165) is 0 Å². The molecule has 23 heavy (non-hydrogen) atoms. The van der Waals surface area contributed by atoms with Gasteiger partial charge in [0.25, 0.3) is 5.91 Å². The van der Waals surface area contributed by atoms with Crippen LogP contribution in [0.3, 0.4) is 0 Å². The normalized spacial score (nSPS) is 10.9. The SMILES string of the molecule is O=C(CF)NC(=C(Cl)Cl)P(=O)(c1ccccc1)c1ccccc1. The van der Waals surface area contributed by atoms with Crippen LogP contribution in [0.2, 0.25) is 0 Å². The van der Waals surface area contributed by atoms with Gasteiger partial charge in [-0.2, -0.15) is 0 Å². The molecule has 0 aliphatic heterocycles. The van der Waals surface area contributed by atoms with Crippen LogP contribution in [-0.2, 0) is 9.36 Å². The molecule has 7 heteroatoms. The van der Waals surface area contributed by atoms with Gasteiger partial charge < -0.3 is 9.88 Å². The molecule has 0 fully saturated rings. The number of carbonyl (C=O) groups excluding carboxylic acids is 1. The van der Waals surface area contributed by atoms with E-state index in [2.05, 4.69) is 5.32 Å². The summed E-state index contributed by atoms with van der Waals surface area (Å²) in [5, 5.41) is 3.10. The van der Waals surface area contributed by atoms with E-state index in [1.165, 1.54) is 0 Å². The van der Waals surface area contributed by atoms with E-state index in [1.54, 1.807) is 60.7 Å². The molecule has 0 bridgehead atoms. The zero-order chi connectivity index (χ0) is 16.9. The molecule has 0 saturated heterocycles. The molecule has 1 N–H and O–H groups in total. The predicted octanol–water partition coefficient (Wildman–Crippen LogP) is 3.69. The molecule has 0 radical (unpaired) electrons. The topological polar surface area (TPSA) is 46.2 Å². The maximum absolute atomic E-state index is 13.8. The summed E-state index contributed by atoms with van der Waals surface area (Å²) in [6.07, 6.45) is 0. The average Bonchev–Trinajstić information content (AvgIpc) is 2.60. The van der Waals surface area contributed by atoms with Crippen molar-refractivity contribution in [3.05, 3.63) is 70.6 Å². The van der Waals surface area contributed by atoms with Gasteiger partial charge in [-0.15, -0.1) is 0 Å². The van der Waals surface area contributed by atoms with E-state index >= 15 is 0 Å². The van der Waals surface area contributed by atoms with Crippen molar-refractivity contribution >= 4 is 46.9 Å². The van der Waals surface area contributed by atoms with Crippen LogP contribution < -0.4 is 15.9 Å². The third-order valence-electron chi connectivity index (χ3n) is 3.11. The number of halogens is 3. The maximum atomic E-state index is 13.8. The fourth-order valence-corrected chi connectivity index (χ4v) is 5.42. The van der Waals surface area contributed by atoms with Crippen molar-refractivity contribution in [1.29, 1.82) is 0 Å². The number of carbonyl (C=O) groups is 1. The highest BCUT2D eigenvalue weighted by atomic mass is 35.5. The van der Waals surface area contributed by atoms with Crippen LogP contribution in [-0.4, -0.2) is 12.6 Å². The molecule has 0 aliphatic rings. The maximum Gasteiger partial charge on any atom is 0.255 e. The lowest BCUT2D eigenvalue weighted by atomic mass is 10.4. The molecule has 2 aromatic carbocycles. The molecule has 0 aromatic heterocycles. The van der Waals surface area contributed by atoms with E-state index < -0.39 is 19.7 Å². The van der Waals surface area contributed by atoms with E-state index in [0.29, 0.717) is 10.6 Å². The van der Waals surface area contributed by atoms with Gasteiger partial charge in [0.1, 0.15) is 9.93 Å². The molecule has 120 valence electrons. The number of nitrogens with one attached hydrogen (secondary N) is 1. The van der Waals surface area contributed by atoms with Gasteiger partial charge >= 0.3 is 0 Å². The molecule has 0 unspecified atom stereocenters. The molecule has 1 amide bonds. The molecular weight excluding hydrogens is 359 g/mol. The highest BCUT2D eigenvalue weighted by Crippen LogP contribution is 2.52. The Hall–Kier alpha value is -1.61. The van der Waals surface area contributed by atoms with E-state index in [9.17, 15) is 13.8 Å². The third-order valence-corrected chi connectivity index (χ3v) is 6.77. The van der Waals surface area contributed by atoms with Crippen LogP contribution in [0.1, 0.15) is 0 Å². The molecule has 0 saturated carbocycles. The summed E-state index contributed by atoms with van der Waals surface area (Å²) in [4.78, 5) is 11.5. The Balaban J connectivity index is 2.70. The van der Waals surface area contributed by atoms with Crippen LogP contribution >= 0.6 is 30.3 Å². The summed E-state index contributed by atoms with van der Waals surface area (Å²) in [7, 11) is -3.54. The van der Waals surface area contributed by atoms with Gasteiger partial charge in [0, 0.05) is 10.6 Å². The fourth-order valence-electron chi connectivity index (χ4n) is 2.09. The predicted molar refractivity (Wildman–Crippen MR) is 92.6 cm³/mol. The minimum Gasteiger partial charge on any atom is -0.318 e. The van der Waals surface area contributed by atoms with Crippen LogP contribution in [0.25, 0.3) is 0 Å². The summed E-state index contributed by atoms with van der Waals surface area (Å²) in [5.74, 6) is -0.967. The summed E-state index contributed by atoms with van der Waals surface area (Å²) >= 11 is 11.7. The van der Waals surface area contributed by atoms with Crippen LogP contribution in [0.5, 0.6) is 0 Å². The number of hydrogen-bond acceptors (Lipinski definition) is 2. The highest BCUT2D eigenvalue weighted by molar-refractivity contribution is 7.82. The zero-order valence-electron chi connectivity index (χ0n) is 11.9. The molecule has 0 atom stereocenters. The first-order chi connectivity index (χ1) is 11.0. The lowest BCUT2D eigenvalue weighted by Gasteiger charge is -2.23. The Labute approximate surface area is 143 Å². The van der Waals surface area contributed by atoms with E-state index in [4.69, 9.17) is 23.2 Å². The summed E-state index contributed by atoms with van der Waals surface area (Å²) in [6, 6.07) is 17.0. The van der Waals surface area contributed by atoms with Crippen LogP contribution in [0.15, 0.2) is 70.6 Å². The van der Waals surface area contributed by atoms with Crippen molar-refractivity contribution in [3.63, 3.8) is 0 Å². The number of alkyl halides is 1. The molecule has 2 rings (SSSR count). The van der Waals surface area contributed by atoms with Crippen LogP contribution in [0.4, 0.5) is 4.39 Å². The third kappa shape index (κ3) is 3.84. The van der Waals surface area contributed by atoms with Gasteiger partial charge in [0.15, 0.2) is 13.8 Å². The van der Waals surface area contributed by atoms with Crippen LogP contribution in [0, 0.1) is 0 Å². The molecule has 0 heterocycles. The minimum absolute atomic E-state index is 0.194. The van der Waals surface area contributed by atoms with Crippen molar-refractivity contribution in [2.24, 2.45) is 0 Å². The van der Waals surface area contributed by atoms with Gasteiger partial charge in [-0.05, 0) is 0 Å². The van der Waals surface area contributed by atoms with Crippen molar-refractivity contribution < 1.29 is 13.8 Å². The first-order valence-electron chi connectivity index (χ1n) is 6.63. The zero-order valence-corrected chi connectivity index (χ0v) is 14.3. The Morgan fingerprint density at radius 2 is 1.39 bits per heavy atom. The van der Waals surface area contributed by atoms with Gasteiger partial charge in [0.2, 0.25) is 0 Å². The molecule has 0 aliphatic carbocycles. The molecule has 3 nitrogen and oxygen atoms in total. The Morgan fingerprint density at radius 1 is 0.957 bits per heavy atom. The first-order valence-corrected chi connectivity index (χ1v) is 9.09. The summed E-state index contributed by atoms with van der Waals surface area (Å²) in [6.45, 7) is -1.27. The summed E-state index contributed by atoms with van der Waals surface area (Å²) < 4.78 is 26.1. The number of benzene rings is 2. The summed E-state index contributed by atoms with van der Waals surface area (Å²) in [5.41, 5.74) is -0.194. The van der Waals surface area contributed by atoms with Crippen molar-refractivity contribution in [1.82, 2.24) is 5.32 Å². The lowest BCUT2D eigenvalue weighted by Crippen LogP contribution is -2.30. The molecular formula is C16H13Cl2FNO2P. The van der Waals surface area contributed by atoms with Gasteiger partial charge in [0.05, 0.1) is 0 Å². The van der Waals surface area contributed by atoms with Crippen molar-refractivity contribution in [2.45, 2.75) is 0 Å². The highest BCUT2D eigenvalue weighted by Gasteiger charge is 2.35. The Morgan fingerprint density at radius 3 is 1.74 bits per heavy atom. The average molecular weight is 372 g/mol.